The van der Waals surface area contributed by atoms with Crippen LogP contribution in [0.5, 0.6) is 0 Å². The van der Waals surface area contributed by atoms with Gasteiger partial charge in [0.1, 0.15) is 6.61 Å². The molecular formula is C15H23NO3. The monoisotopic (exact) mass is 265 g/mol. The summed E-state index contributed by atoms with van der Waals surface area (Å²) >= 11 is 0. The molecule has 1 aromatic carbocycles. The minimum atomic E-state index is -0.0973. The van der Waals surface area contributed by atoms with Crippen molar-refractivity contribution in [2.75, 3.05) is 13.2 Å². The first kappa shape index (κ1) is 15.7. The maximum atomic E-state index is 11.6. The van der Waals surface area contributed by atoms with Gasteiger partial charge in [-0.15, -0.1) is 0 Å². The maximum absolute atomic E-state index is 11.6. The van der Waals surface area contributed by atoms with Crippen molar-refractivity contribution in [3.63, 3.8) is 0 Å². The van der Waals surface area contributed by atoms with Gasteiger partial charge in [-0.3, -0.25) is 4.79 Å². The minimum absolute atomic E-state index is 0.0657. The van der Waals surface area contributed by atoms with Gasteiger partial charge in [0.15, 0.2) is 0 Å². The Bertz CT molecular complexity index is 391. The van der Waals surface area contributed by atoms with Gasteiger partial charge in [-0.2, -0.15) is 0 Å². The number of nitrogens with one attached hydrogen (secondary N) is 1. The third kappa shape index (κ3) is 6.36. The molecule has 106 valence electrons. The Hall–Kier alpha value is -1.39. The molecule has 0 heterocycles. The van der Waals surface area contributed by atoms with E-state index in [1.807, 2.05) is 45.0 Å². The molecule has 4 nitrogen and oxygen atoms in total. The molecule has 1 rings (SSSR count). The Morgan fingerprint density at radius 3 is 2.58 bits per heavy atom. The molecule has 1 aromatic rings. The highest BCUT2D eigenvalue weighted by molar-refractivity contribution is 5.77. The summed E-state index contributed by atoms with van der Waals surface area (Å²) in [5.74, 6) is -0.0973. The number of carbonyl (C=O) groups is 1. The molecule has 0 aliphatic rings. The molecule has 0 aromatic heterocycles. The first-order valence-corrected chi connectivity index (χ1v) is 6.66. The average molecular weight is 265 g/mol. The lowest BCUT2D eigenvalue weighted by molar-refractivity contribution is -0.127. The van der Waals surface area contributed by atoms with Crippen LogP contribution in [0.1, 0.15) is 31.9 Å². The van der Waals surface area contributed by atoms with Crippen LogP contribution >= 0.6 is 0 Å². The van der Waals surface area contributed by atoms with E-state index < -0.39 is 0 Å². The molecule has 0 aliphatic heterocycles. The summed E-state index contributed by atoms with van der Waals surface area (Å²) in [5.41, 5.74) is 2.18. The molecule has 0 atom stereocenters. The normalized spacial score (nSPS) is 10.7. The largest absolute Gasteiger partial charge is 0.377 e. The topological polar surface area (TPSA) is 47.6 Å². The highest BCUT2D eigenvalue weighted by Gasteiger charge is 2.06. The Morgan fingerprint density at radius 1 is 1.26 bits per heavy atom. The minimum Gasteiger partial charge on any atom is -0.377 e. The van der Waals surface area contributed by atoms with Crippen molar-refractivity contribution in [1.29, 1.82) is 0 Å². The van der Waals surface area contributed by atoms with Crippen molar-refractivity contribution in [2.45, 2.75) is 40.0 Å². The van der Waals surface area contributed by atoms with Crippen molar-refractivity contribution in [2.24, 2.45) is 0 Å². The van der Waals surface area contributed by atoms with Crippen LogP contribution in [-0.4, -0.2) is 25.2 Å². The molecule has 0 saturated heterocycles. The van der Waals surface area contributed by atoms with E-state index >= 15 is 0 Å². The van der Waals surface area contributed by atoms with E-state index in [1.165, 1.54) is 0 Å². The zero-order valence-electron chi connectivity index (χ0n) is 11.9. The van der Waals surface area contributed by atoms with Gasteiger partial charge in [0.05, 0.1) is 12.7 Å². The zero-order valence-corrected chi connectivity index (χ0v) is 11.9. The summed E-state index contributed by atoms with van der Waals surface area (Å²) in [6, 6.07) is 7.95. The number of carbonyl (C=O) groups excluding carboxylic acids is 1. The predicted octanol–water partition coefficient (Wildman–Crippen LogP) is 2.26. The summed E-state index contributed by atoms with van der Waals surface area (Å²) in [5, 5.41) is 2.85. The van der Waals surface area contributed by atoms with Gasteiger partial charge in [-0.25, -0.2) is 0 Å². The van der Waals surface area contributed by atoms with Crippen LogP contribution in [0.2, 0.25) is 0 Å². The molecule has 0 aliphatic carbocycles. The third-order valence-corrected chi connectivity index (χ3v) is 2.60. The lowest BCUT2D eigenvalue weighted by Gasteiger charge is -2.11. The molecule has 0 radical (unpaired) electrons. The van der Waals surface area contributed by atoms with Crippen LogP contribution < -0.4 is 5.32 Å². The lowest BCUT2D eigenvalue weighted by Crippen LogP contribution is -2.28. The molecule has 1 N–H and O–H groups in total. The lowest BCUT2D eigenvalue weighted by atomic mass is 10.1. The molecule has 0 unspecified atom stereocenters. The smallest absolute Gasteiger partial charge is 0.246 e. The van der Waals surface area contributed by atoms with E-state index in [4.69, 9.17) is 9.47 Å². The van der Waals surface area contributed by atoms with Crippen LogP contribution in [0.15, 0.2) is 24.3 Å². The SMILES string of the molecule is CCOCc1ccccc1CNC(=O)COC(C)C. The van der Waals surface area contributed by atoms with E-state index in [1.54, 1.807) is 0 Å². The Balaban J connectivity index is 2.45. The van der Waals surface area contributed by atoms with Crippen molar-refractivity contribution in [3.05, 3.63) is 35.4 Å². The van der Waals surface area contributed by atoms with Gasteiger partial charge in [-0.05, 0) is 31.9 Å². The first-order chi connectivity index (χ1) is 9.13. The molecule has 1 amide bonds. The Kier molecular flexibility index (Phi) is 7.15. The van der Waals surface area contributed by atoms with Crippen molar-refractivity contribution in [1.82, 2.24) is 5.32 Å². The van der Waals surface area contributed by atoms with Gasteiger partial charge < -0.3 is 14.8 Å². The third-order valence-electron chi connectivity index (χ3n) is 2.60. The number of ether oxygens (including phenoxy) is 2. The van der Waals surface area contributed by atoms with Crippen LogP contribution in [-0.2, 0) is 27.4 Å². The molecule has 0 spiro atoms. The van der Waals surface area contributed by atoms with Crippen LogP contribution in [0.4, 0.5) is 0 Å². The highest BCUT2D eigenvalue weighted by Crippen LogP contribution is 2.09. The van der Waals surface area contributed by atoms with Gasteiger partial charge >= 0.3 is 0 Å². The van der Waals surface area contributed by atoms with Crippen molar-refractivity contribution in [3.8, 4) is 0 Å². The number of hydrogen-bond acceptors (Lipinski definition) is 3. The van der Waals surface area contributed by atoms with E-state index in [9.17, 15) is 4.79 Å². The van der Waals surface area contributed by atoms with Gasteiger partial charge in [0.25, 0.3) is 0 Å². The van der Waals surface area contributed by atoms with E-state index in [0.717, 1.165) is 11.1 Å². The standard InChI is InChI=1S/C15H23NO3/c1-4-18-10-14-8-6-5-7-13(14)9-16-15(17)11-19-12(2)3/h5-8,12H,4,9-11H2,1-3H3,(H,16,17). The Morgan fingerprint density at radius 2 is 1.95 bits per heavy atom. The highest BCUT2D eigenvalue weighted by atomic mass is 16.5. The quantitative estimate of drug-likeness (QED) is 0.784. The van der Waals surface area contributed by atoms with E-state index in [0.29, 0.717) is 19.8 Å². The van der Waals surface area contributed by atoms with Crippen LogP contribution in [0, 0.1) is 0 Å². The van der Waals surface area contributed by atoms with Gasteiger partial charge in [-0.1, -0.05) is 24.3 Å². The van der Waals surface area contributed by atoms with Crippen molar-refractivity contribution >= 4 is 5.91 Å². The summed E-state index contributed by atoms with van der Waals surface area (Å²) < 4.78 is 10.7. The first-order valence-electron chi connectivity index (χ1n) is 6.66. The summed E-state index contributed by atoms with van der Waals surface area (Å²) in [6.07, 6.45) is 0.0657. The number of amides is 1. The molecule has 0 bridgehead atoms. The average Bonchev–Trinajstić information content (AvgIpc) is 2.41. The second kappa shape index (κ2) is 8.67. The molecule has 19 heavy (non-hydrogen) atoms. The molecule has 0 saturated carbocycles. The second-order valence-electron chi connectivity index (χ2n) is 4.54. The maximum Gasteiger partial charge on any atom is 0.246 e. The summed E-state index contributed by atoms with van der Waals surface area (Å²) in [7, 11) is 0. The fourth-order valence-electron chi connectivity index (χ4n) is 1.57. The molecule has 4 heteroatoms. The molecule has 0 fully saturated rings. The fourth-order valence-corrected chi connectivity index (χ4v) is 1.57. The fraction of sp³-hybridized carbons (Fsp3) is 0.533. The number of rotatable bonds is 8. The van der Waals surface area contributed by atoms with E-state index in [2.05, 4.69) is 5.32 Å². The number of benzene rings is 1. The summed E-state index contributed by atoms with van der Waals surface area (Å²) in [6.45, 7) is 7.64. The van der Waals surface area contributed by atoms with Crippen molar-refractivity contribution < 1.29 is 14.3 Å². The van der Waals surface area contributed by atoms with Gasteiger partial charge in [0.2, 0.25) is 5.91 Å². The summed E-state index contributed by atoms with van der Waals surface area (Å²) in [4.78, 5) is 11.6. The molecular weight excluding hydrogens is 242 g/mol. The van der Waals surface area contributed by atoms with Crippen LogP contribution in [0.25, 0.3) is 0 Å². The van der Waals surface area contributed by atoms with Gasteiger partial charge in [0, 0.05) is 13.2 Å². The number of hydrogen-bond donors (Lipinski definition) is 1. The zero-order chi connectivity index (χ0) is 14.1. The van der Waals surface area contributed by atoms with Crippen LogP contribution in [0.3, 0.4) is 0 Å². The predicted molar refractivity (Wildman–Crippen MR) is 74.7 cm³/mol. The van der Waals surface area contributed by atoms with E-state index in [-0.39, 0.29) is 18.6 Å². The second-order valence-corrected chi connectivity index (χ2v) is 4.54. The Labute approximate surface area is 115 Å².